The van der Waals surface area contributed by atoms with E-state index in [2.05, 4.69) is 20.5 Å². The summed E-state index contributed by atoms with van der Waals surface area (Å²) in [6.45, 7) is 8.66. The van der Waals surface area contributed by atoms with Gasteiger partial charge in [-0.3, -0.25) is 4.98 Å². The second kappa shape index (κ2) is 11.3. The molecule has 0 saturated carbocycles. The number of thiophene rings is 1. The largest absolute Gasteiger partial charge is 0.337 e. The lowest BCUT2D eigenvalue weighted by molar-refractivity contribution is 0.162. The summed E-state index contributed by atoms with van der Waals surface area (Å²) in [5.74, 6) is 0. The number of anilines is 1. The first-order chi connectivity index (χ1) is 15.6. The summed E-state index contributed by atoms with van der Waals surface area (Å²) in [5, 5.41) is 5.70. The van der Waals surface area contributed by atoms with Gasteiger partial charge in [0.05, 0.1) is 4.34 Å². The van der Waals surface area contributed by atoms with E-state index in [1.165, 1.54) is 10.4 Å². The number of hydrogen-bond donors (Lipinski definition) is 2. The average molecular weight is 535 g/mol. The van der Waals surface area contributed by atoms with Gasteiger partial charge in [-0.2, -0.15) is 4.31 Å². The normalized spacial score (nSPS) is 15.7. The van der Waals surface area contributed by atoms with Crippen molar-refractivity contribution < 1.29 is 13.2 Å². The predicted molar refractivity (Wildman–Crippen MR) is 134 cm³/mol. The summed E-state index contributed by atoms with van der Waals surface area (Å²) in [6, 6.07) is 4.71. The van der Waals surface area contributed by atoms with Gasteiger partial charge in [0.15, 0.2) is 0 Å². The molecule has 3 heterocycles. The molecule has 1 aliphatic heterocycles. The topological polar surface area (TPSA) is 94.6 Å². The molecule has 0 spiro atoms. The van der Waals surface area contributed by atoms with Crippen molar-refractivity contribution >= 4 is 56.3 Å². The van der Waals surface area contributed by atoms with E-state index in [0.717, 1.165) is 35.8 Å². The Bertz CT molecular complexity index is 1070. The van der Waals surface area contributed by atoms with Crippen molar-refractivity contribution in [3.8, 4) is 0 Å². The Labute approximate surface area is 209 Å². The zero-order valence-corrected chi connectivity index (χ0v) is 22.0. The number of nitrogens with one attached hydrogen (secondary N) is 2. The fourth-order valence-corrected chi connectivity index (χ4v) is 7.90. The minimum atomic E-state index is -3.70. The molecule has 0 atom stereocenters. The first kappa shape index (κ1) is 26.2. The Morgan fingerprint density at radius 2 is 1.85 bits per heavy atom. The van der Waals surface area contributed by atoms with Crippen molar-refractivity contribution in [3.63, 3.8) is 0 Å². The van der Waals surface area contributed by atoms with Gasteiger partial charge in [-0.05, 0) is 58.0 Å². The van der Waals surface area contributed by atoms with Gasteiger partial charge in [-0.1, -0.05) is 30.1 Å². The molecule has 2 N–H and O–H groups in total. The van der Waals surface area contributed by atoms with E-state index in [4.69, 9.17) is 23.2 Å². The summed E-state index contributed by atoms with van der Waals surface area (Å²) < 4.78 is 28.3. The zero-order valence-electron chi connectivity index (χ0n) is 18.9. The molecule has 182 valence electrons. The number of halogens is 2. The number of likely N-dealkylation sites (tertiary alicyclic amines) is 1. The molecule has 1 saturated heterocycles. The van der Waals surface area contributed by atoms with E-state index < -0.39 is 10.0 Å². The molecule has 33 heavy (non-hydrogen) atoms. The Morgan fingerprint density at radius 3 is 2.39 bits per heavy atom. The van der Waals surface area contributed by atoms with E-state index in [1.807, 2.05) is 32.9 Å². The molecule has 0 bridgehead atoms. The number of pyridine rings is 1. The average Bonchev–Trinajstić information content (AvgIpc) is 3.07. The van der Waals surface area contributed by atoms with Crippen LogP contribution < -0.4 is 10.6 Å². The molecule has 2 amide bonds. The number of piperidine rings is 1. The van der Waals surface area contributed by atoms with Crippen LogP contribution in [0.25, 0.3) is 0 Å². The van der Waals surface area contributed by atoms with Gasteiger partial charge in [0.2, 0.25) is 10.0 Å². The first-order valence-electron chi connectivity index (χ1n) is 10.8. The number of carbonyl (C=O) groups excluding carboxylic acids is 1. The van der Waals surface area contributed by atoms with Crippen molar-refractivity contribution in [1.29, 1.82) is 0 Å². The minimum Gasteiger partial charge on any atom is -0.337 e. The highest BCUT2D eigenvalue weighted by Gasteiger charge is 2.34. The van der Waals surface area contributed by atoms with Gasteiger partial charge < -0.3 is 15.5 Å². The van der Waals surface area contributed by atoms with E-state index >= 15 is 0 Å². The summed E-state index contributed by atoms with van der Waals surface area (Å²) in [4.78, 5) is 18.8. The standard InChI is InChI=1S/C21H29Cl2N5O3S2/c1-4-28(33(30,31)18-13-19(22)32-20(18)23)17-5-8-27(9-6-17)10-7-24-21(29)26-16-11-14(2)25-15(3)12-16/h11-13,17H,4-10H2,1-3H3,(H2,24,25,26,29). The molecular formula is C21H29Cl2N5O3S2. The highest BCUT2D eigenvalue weighted by molar-refractivity contribution is 7.89. The Morgan fingerprint density at radius 1 is 1.21 bits per heavy atom. The van der Waals surface area contributed by atoms with Crippen LogP contribution in [0.2, 0.25) is 8.67 Å². The van der Waals surface area contributed by atoms with Crippen molar-refractivity contribution in [3.05, 3.63) is 38.3 Å². The molecule has 1 aliphatic rings. The molecule has 3 rings (SSSR count). The van der Waals surface area contributed by atoms with Gasteiger partial charge in [-0.25, -0.2) is 13.2 Å². The van der Waals surface area contributed by atoms with Crippen LogP contribution in [-0.4, -0.2) is 67.4 Å². The van der Waals surface area contributed by atoms with Gasteiger partial charge in [0, 0.05) is 42.8 Å². The van der Waals surface area contributed by atoms with Gasteiger partial charge in [-0.15, -0.1) is 11.3 Å². The van der Waals surface area contributed by atoms with Crippen LogP contribution in [0.5, 0.6) is 0 Å². The molecule has 2 aromatic rings. The van der Waals surface area contributed by atoms with Crippen LogP contribution in [0.4, 0.5) is 10.5 Å². The monoisotopic (exact) mass is 533 g/mol. The predicted octanol–water partition coefficient (Wildman–Crippen LogP) is 4.36. The van der Waals surface area contributed by atoms with E-state index in [9.17, 15) is 13.2 Å². The van der Waals surface area contributed by atoms with Crippen molar-refractivity contribution in [2.45, 2.75) is 44.6 Å². The number of urea groups is 1. The fourth-order valence-electron chi connectivity index (χ4n) is 4.09. The minimum absolute atomic E-state index is 0.0817. The SMILES string of the molecule is CCN(C1CCN(CCNC(=O)Nc2cc(C)nc(C)c2)CC1)S(=O)(=O)c1cc(Cl)sc1Cl. The number of aryl methyl sites for hydroxylation is 2. The lowest BCUT2D eigenvalue weighted by Crippen LogP contribution is -2.48. The molecule has 0 aromatic carbocycles. The number of nitrogens with zero attached hydrogens (tertiary/aromatic N) is 3. The molecule has 0 radical (unpaired) electrons. The quantitative estimate of drug-likeness (QED) is 0.525. The maximum atomic E-state index is 13.1. The van der Waals surface area contributed by atoms with Gasteiger partial charge >= 0.3 is 6.03 Å². The molecular weight excluding hydrogens is 505 g/mol. The van der Waals surface area contributed by atoms with Crippen LogP contribution in [0.3, 0.4) is 0 Å². The summed E-state index contributed by atoms with van der Waals surface area (Å²) >= 11 is 13.1. The maximum absolute atomic E-state index is 13.1. The fraction of sp³-hybridized carbons (Fsp3) is 0.524. The molecule has 2 aromatic heterocycles. The smallest absolute Gasteiger partial charge is 0.319 e. The highest BCUT2D eigenvalue weighted by atomic mass is 35.5. The molecule has 0 aliphatic carbocycles. The number of sulfonamides is 1. The second-order valence-electron chi connectivity index (χ2n) is 7.99. The number of hydrogen-bond acceptors (Lipinski definition) is 6. The summed E-state index contributed by atoms with van der Waals surface area (Å²) in [7, 11) is -3.70. The van der Waals surface area contributed by atoms with Crippen LogP contribution >= 0.6 is 34.5 Å². The molecule has 8 nitrogen and oxygen atoms in total. The second-order valence-corrected chi connectivity index (χ2v) is 12.1. The lowest BCUT2D eigenvalue weighted by atomic mass is 10.1. The number of rotatable bonds is 8. The van der Waals surface area contributed by atoms with Crippen LogP contribution in [0, 0.1) is 13.8 Å². The summed E-state index contributed by atoms with van der Waals surface area (Å²) in [5.41, 5.74) is 2.41. The molecule has 1 fully saturated rings. The van der Waals surface area contributed by atoms with Crippen LogP contribution in [0.15, 0.2) is 23.1 Å². The third-order valence-corrected chi connectivity index (χ3v) is 9.32. The van der Waals surface area contributed by atoms with E-state index in [-0.39, 0.29) is 21.3 Å². The van der Waals surface area contributed by atoms with Gasteiger partial charge in [0.1, 0.15) is 9.23 Å². The van der Waals surface area contributed by atoms with Crippen molar-refractivity contribution in [2.24, 2.45) is 0 Å². The van der Waals surface area contributed by atoms with E-state index in [1.54, 1.807) is 0 Å². The van der Waals surface area contributed by atoms with E-state index in [0.29, 0.717) is 42.5 Å². The van der Waals surface area contributed by atoms with Crippen molar-refractivity contribution in [2.75, 3.05) is 38.0 Å². The third-order valence-electron chi connectivity index (χ3n) is 5.54. The number of amides is 2. The van der Waals surface area contributed by atoms with Crippen molar-refractivity contribution in [1.82, 2.24) is 19.5 Å². The van der Waals surface area contributed by atoms with Crippen LogP contribution in [-0.2, 0) is 10.0 Å². The maximum Gasteiger partial charge on any atom is 0.319 e. The Balaban J connectivity index is 1.47. The summed E-state index contributed by atoms with van der Waals surface area (Å²) in [6.07, 6.45) is 1.43. The first-order valence-corrected chi connectivity index (χ1v) is 13.8. The van der Waals surface area contributed by atoms with Gasteiger partial charge in [0.25, 0.3) is 0 Å². The zero-order chi connectivity index (χ0) is 24.2. The highest BCUT2D eigenvalue weighted by Crippen LogP contribution is 2.37. The third kappa shape index (κ3) is 6.80. The Kier molecular flexibility index (Phi) is 8.99. The molecule has 0 unspecified atom stereocenters. The lowest BCUT2D eigenvalue weighted by Gasteiger charge is -2.37. The Hall–Kier alpha value is -1.43. The van der Waals surface area contributed by atoms with Crippen LogP contribution in [0.1, 0.15) is 31.2 Å². The number of carbonyl (C=O) groups is 1. The number of aromatic nitrogens is 1. The molecule has 12 heteroatoms.